The van der Waals surface area contributed by atoms with Gasteiger partial charge >= 0.3 is 5.91 Å². The summed E-state index contributed by atoms with van der Waals surface area (Å²) in [5.74, 6) is -0.725. The van der Waals surface area contributed by atoms with Crippen LogP contribution in [-0.4, -0.2) is 16.3 Å². The molecule has 0 saturated carbocycles. The standard InChI is InChI=1S/C17H14N2O4/c20-17(18-21)15-10-16(19-23-15)22-11-12-6-8-14(9-7-12)13-4-2-1-3-5-13/h1-10,21H,11H2,(H,18,20). The lowest BCUT2D eigenvalue weighted by molar-refractivity contribution is 0.0666. The van der Waals surface area contributed by atoms with Gasteiger partial charge in [-0.25, -0.2) is 5.48 Å². The summed E-state index contributed by atoms with van der Waals surface area (Å²) in [6.07, 6.45) is 0. The molecule has 6 nitrogen and oxygen atoms in total. The Hall–Kier alpha value is -3.12. The summed E-state index contributed by atoms with van der Waals surface area (Å²) in [6, 6.07) is 19.3. The lowest BCUT2D eigenvalue weighted by Crippen LogP contribution is -2.17. The van der Waals surface area contributed by atoms with Gasteiger partial charge < -0.3 is 9.26 Å². The molecule has 1 aromatic heterocycles. The van der Waals surface area contributed by atoms with Crippen LogP contribution in [0.1, 0.15) is 16.1 Å². The fourth-order valence-corrected chi connectivity index (χ4v) is 2.07. The minimum absolute atomic E-state index is 0.123. The number of ether oxygens (including phenoxy) is 1. The predicted molar refractivity (Wildman–Crippen MR) is 82.0 cm³/mol. The van der Waals surface area contributed by atoms with Gasteiger partial charge in [-0.2, -0.15) is 0 Å². The first-order chi connectivity index (χ1) is 11.3. The zero-order chi connectivity index (χ0) is 16.1. The van der Waals surface area contributed by atoms with Crippen LogP contribution in [0.4, 0.5) is 0 Å². The minimum atomic E-state index is -0.778. The molecule has 116 valence electrons. The maximum absolute atomic E-state index is 11.1. The van der Waals surface area contributed by atoms with Crippen LogP contribution >= 0.6 is 0 Å². The molecule has 0 aliphatic heterocycles. The Balaban J connectivity index is 1.63. The first-order valence-corrected chi connectivity index (χ1v) is 6.94. The smallest absolute Gasteiger partial charge is 0.313 e. The third-order valence-electron chi connectivity index (χ3n) is 3.26. The van der Waals surface area contributed by atoms with E-state index in [1.807, 2.05) is 42.5 Å². The quantitative estimate of drug-likeness (QED) is 0.559. The Morgan fingerprint density at radius 3 is 2.48 bits per heavy atom. The number of nitrogens with one attached hydrogen (secondary N) is 1. The van der Waals surface area contributed by atoms with Crippen molar-refractivity contribution in [3.05, 3.63) is 72.0 Å². The Kier molecular flexibility index (Phi) is 4.35. The van der Waals surface area contributed by atoms with E-state index in [-0.39, 0.29) is 11.6 Å². The average molecular weight is 310 g/mol. The van der Waals surface area contributed by atoms with E-state index in [4.69, 9.17) is 14.5 Å². The highest BCUT2D eigenvalue weighted by atomic mass is 16.5. The zero-order valence-electron chi connectivity index (χ0n) is 12.1. The van der Waals surface area contributed by atoms with Crippen molar-refractivity contribution in [2.45, 2.75) is 6.61 Å². The number of rotatable bonds is 5. The highest BCUT2D eigenvalue weighted by molar-refractivity contribution is 5.90. The summed E-state index contributed by atoms with van der Waals surface area (Å²) >= 11 is 0. The average Bonchev–Trinajstić information content (AvgIpc) is 3.09. The van der Waals surface area contributed by atoms with E-state index in [0.29, 0.717) is 6.61 Å². The van der Waals surface area contributed by atoms with Crippen LogP contribution in [0.15, 0.2) is 65.2 Å². The van der Waals surface area contributed by atoms with Crippen LogP contribution in [-0.2, 0) is 6.61 Å². The molecular weight excluding hydrogens is 296 g/mol. The topological polar surface area (TPSA) is 84.6 Å². The second kappa shape index (κ2) is 6.76. The van der Waals surface area contributed by atoms with Gasteiger partial charge in [-0.05, 0) is 21.8 Å². The molecule has 3 rings (SSSR count). The molecule has 23 heavy (non-hydrogen) atoms. The predicted octanol–water partition coefficient (Wildman–Crippen LogP) is 3.04. The Morgan fingerprint density at radius 2 is 1.78 bits per heavy atom. The Bertz CT molecular complexity index is 782. The molecule has 1 heterocycles. The second-order valence-corrected chi connectivity index (χ2v) is 4.82. The molecule has 0 saturated heterocycles. The summed E-state index contributed by atoms with van der Waals surface area (Å²) in [7, 11) is 0. The highest BCUT2D eigenvalue weighted by Crippen LogP contribution is 2.20. The van der Waals surface area contributed by atoms with Gasteiger partial charge in [-0.1, -0.05) is 54.6 Å². The number of nitrogens with zero attached hydrogens (tertiary/aromatic N) is 1. The number of hydroxylamine groups is 1. The number of hydrogen-bond acceptors (Lipinski definition) is 5. The van der Waals surface area contributed by atoms with Gasteiger partial charge in [0.2, 0.25) is 5.76 Å². The summed E-state index contributed by atoms with van der Waals surface area (Å²) in [6.45, 7) is 0.293. The van der Waals surface area contributed by atoms with Crippen LogP contribution in [0.3, 0.4) is 0 Å². The van der Waals surface area contributed by atoms with E-state index < -0.39 is 5.91 Å². The molecule has 6 heteroatoms. The molecule has 3 aromatic rings. The largest absolute Gasteiger partial charge is 0.471 e. The second-order valence-electron chi connectivity index (χ2n) is 4.82. The lowest BCUT2D eigenvalue weighted by atomic mass is 10.0. The van der Waals surface area contributed by atoms with Gasteiger partial charge in [0.1, 0.15) is 6.61 Å². The third kappa shape index (κ3) is 3.56. The molecule has 0 aliphatic carbocycles. The number of hydrogen-bond donors (Lipinski definition) is 2. The third-order valence-corrected chi connectivity index (χ3v) is 3.26. The molecule has 1 amide bonds. The van der Waals surface area contributed by atoms with E-state index in [9.17, 15) is 4.79 Å². The fraction of sp³-hybridized carbons (Fsp3) is 0.0588. The number of carbonyl (C=O) groups is 1. The Morgan fingerprint density at radius 1 is 1.09 bits per heavy atom. The van der Waals surface area contributed by atoms with Crippen molar-refractivity contribution in [1.29, 1.82) is 0 Å². The number of amides is 1. The SMILES string of the molecule is O=C(NO)c1cc(OCc2ccc(-c3ccccc3)cc2)no1. The summed E-state index contributed by atoms with van der Waals surface area (Å²) in [5.41, 5.74) is 4.69. The van der Waals surface area contributed by atoms with E-state index in [0.717, 1.165) is 16.7 Å². The molecule has 2 aromatic carbocycles. The molecule has 0 spiro atoms. The summed E-state index contributed by atoms with van der Waals surface area (Å²) in [4.78, 5) is 11.1. The van der Waals surface area contributed by atoms with Crippen LogP contribution in [0.5, 0.6) is 5.88 Å². The van der Waals surface area contributed by atoms with E-state index in [1.54, 1.807) is 0 Å². The van der Waals surface area contributed by atoms with Gasteiger partial charge in [0.25, 0.3) is 5.88 Å². The van der Waals surface area contributed by atoms with Crippen molar-refractivity contribution < 1.29 is 19.3 Å². The maximum Gasteiger partial charge on any atom is 0.313 e. The van der Waals surface area contributed by atoms with Gasteiger partial charge in [-0.15, -0.1) is 0 Å². The van der Waals surface area contributed by atoms with E-state index >= 15 is 0 Å². The first kappa shape index (κ1) is 14.8. The van der Waals surface area contributed by atoms with Crippen molar-refractivity contribution in [1.82, 2.24) is 10.6 Å². The van der Waals surface area contributed by atoms with Crippen LogP contribution in [0, 0.1) is 0 Å². The number of carbonyl (C=O) groups excluding carboxylic acids is 1. The number of aromatic nitrogens is 1. The molecule has 0 atom stereocenters. The van der Waals surface area contributed by atoms with Crippen LogP contribution in [0.2, 0.25) is 0 Å². The Labute approximate surface area is 132 Å². The molecular formula is C17H14N2O4. The van der Waals surface area contributed by atoms with Crippen molar-refractivity contribution in [3.63, 3.8) is 0 Å². The molecule has 0 bridgehead atoms. The first-order valence-electron chi connectivity index (χ1n) is 6.94. The van der Waals surface area contributed by atoms with E-state index in [1.165, 1.54) is 11.5 Å². The van der Waals surface area contributed by atoms with Crippen molar-refractivity contribution in [2.24, 2.45) is 0 Å². The highest BCUT2D eigenvalue weighted by Gasteiger charge is 2.12. The van der Waals surface area contributed by atoms with Crippen LogP contribution < -0.4 is 10.2 Å². The van der Waals surface area contributed by atoms with Gasteiger partial charge in [0, 0.05) is 0 Å². The molecule has 0 aliphatic rings. The van der Waals surface area contributed by atoms with Crippen molar-refractivity contribution >= 4 is 5.91 Å². The maximum atomic E-state index is 11.1. The van der Waals surface area contributed by atoms with Gasteiger partial charge in [0.15, 0.2) is 0 Å². The van der Waals surface area contributed by atoms with Gasteiger partial charge in [0.05, 0.1) is 6.07 Å². The minimum Gasteiger partial charge on any atom is -0.471 e. The zero-order valence-corrected chi connectivity index (χ0v) is 12.1. The van der Waals surface area contributed by atoms with Crippen LogP contribution in [0.25, 0.3) is 11.1 Å². The molecule has 0 radical (unpaired) electrons. The molecule has 0 unspecified atom stereocenters. The lowest BCUT2D eigenvalue weighted by Gasteiger charge is -2.05. The monoisotopic (exact) mass is 310 g/mol. The van der Waals surface area contributed by atoms with Crippen molar-refractivity contribution in [3.8, 4) is 17.0 Å². The fourth-order valence-electron chi connectivity index (χ4n) is 2.07. The summed E-state index contributed by atoms with van der Waals surface area (Å²) < 4.78 is 10.2. The van der Waals surface area contributed by atoms with Gasteiger partial charge in [-0.3, -0.25) is 10.0 Å². The molecule has 2 N–H and O–H groups in total. The molecule has 0 fully saturated rings. The normalized spacial score (nSPS) is 10.3. The van der Waals surface area contributed by atoms with Crippen molar-refractivity contribution in [2.75, 3.05) is 0 Å². The van der Waals surface area contributed by atoms with E-state index in [2.05, 4.69) is 17.3 Å². The summed E-state index contributed by atoms with van der Waals surface area (Å²) in [5, 5.41) is 12.1. The number of benzene rings is 2.